The highest BCUT2D eigenvalue weighted by Crippen LogP contribution is 2.31. The number of aromatic nitrogens is 1. The van der Waals surface area contributed by atoms with Crippen LogP contribution < -0.4 is 0 Å². The van der Waals surface area contributed by atoms with Crippen molar-refractivity contribution in [2.24, 2.45) is 0 Å². The van der Waals surface area contributed by atoms with E-state index in [1.54, 1.807) is 24.3 Å². The van der Waals surface area contributed by atoms with E-state index in [-0.39, 0.29) is 16.8 Å². The Bertz CT molecular complexity index is 1340. The second-order valence-corrected chi connectivity index (χ2v) is 7.22. The van der Waals surface area contributed by atoms with Gasteiger partial charge in [-0.05, 0) is 53.9 Å². The highest BCUT2D eigenvalue weighted by molar-refractivity contribution is 9.10. The SMILES string of the molecule is O=C(O)c1c(C(=O)O)c2ccc3cc(Br)ccc3n2c1C(=O)c1ccc(F)cc1. The molecule has 2 N–H and O–H groups in total. The third-order valence-corrected chi connectivity index (χ3v) is 5.10. The third kappa shape index (κ3) is 2.98. The number of hydrogen-bond donors (Lipinski definition) is 2. The Balaban J connectivity index is 2.19. The predicted octanol–water partition coefficient (Wildman–Crippen LogP) is 4.62. The average molecular weight is 456 g/mol. The zero-order valence-electron chi connectivity index (χ0n) is 14.5. The van der Waals surface area contributed by atoms with Gasteiger partial charge in [-0.2, -0.15) is 0 Å². The van der Waals surface area contributed by atoms with E-state index in [9.17, 15) is 29.0 Å². The van der Waals surface area contributed by atoms with Crippen LogP contribution in [0.15, 0.2) is 59.1 Å². The summed E-state index contributed by atoms with van der Waals surface area (Å²) < 4.78 is 15.4. The topological polar surface area (TPSA) is 96.1 Å². The first-order valence-electron chi connectivity index (χ1n) is 8.33. The van der Waals surface area contributed by atoms with Crippen LogP contribution in [0.5, 0.6) is 0 Å². The van der Waals surface area contributed by atoms with Gasteiger partial charge in [0.1, 0.15) is 22.6 Å². The van der Waals surface area contributed by atoms with E-state index >= 15 is 0 Å². The van der Waals surface area contributed by atoms with E-state index in [1.807, 2.05) is 0 Å². The molecule has 0 unspecified atom stereocenters. The van der Waals surface area contributed by atoms with Gasteiger partial charge < -0.3 is 14.6 Å². The van der Waals surface area contributed by atoms with Crippen molar-refractivity contribution in [3.63, 3.8) is 0 Å². The average Bonchev–Trinajstić information content (AvgIpc) is 3.03. The Morgan fingerprint density at radius 1 is 0.828 bits per heavy atom. The lowest BCUT2D eigenvalue weighted by atomic mass is 10.0. The fourth-order valence-corrected chi connectivity index (χ4v) is 3.79. The van der Waals surface area contributed by atoms with Gasteiger partial charge in [0.15, 0.2) is 0 Å². The summed E-state index contributed by atoms with van der Waals surface area (Å²) in [4.78, 5) is 37.1. The molecule has 0 spiro atoms. The van der Waals surface area contributed by atoms with Crippen molar-refractivity contribution >= 4 is 50.1 Å². The monoisotopic (exact) mass is 455 g/mol. The van der Waals surface area contributed by atoms with Gasteiger partial charge in [0.05, 0.1) is 11.0 Å². The molecule has 0 saturated carbocycles. The minimum Gasteiger partial charge on any atom is -0.478 e. The molecule has 4 aromatic rings. The summed E-state index contributed by atoms with van der Waals surface area (Å²) in [5, 5.41) is 20.1. The van der Waals surface area contributed by atoms with Crippen molar-refractivity contribution in [1.29, 1.82) is 0 Å². The van der Waals surface area contributed by atoms with Crippen LogP contribution in [-0.2, 0) is 0 Å². The first kappa shape index (κ1) is 18.8. The largest absolute Gasteiger partial charge is 0.478 e. The van der Waals surface area contributed by atoms with Crippen LogP contribution in [0.3, 0.4) is 0 Å². The van der Waals surface area contributed by atoms with Gasteiger partial charge >= 0.3 is 11.9 Å². The quantitative estimate of drug-likeness (QED) is 0.437. The number of halogens is 2. The molecule has 0 aliphatic carbocycles. The molecule has 6 nitrogen and oxygen atoms in total. The summed E-state index contributed by atoms with van der Waals surface area (Å²) in [7, 11) is 0. The summed E-state index contributed by atoms with van der Waals surface area (Å²) in [6.07, 6.45) is 0. The molecule has 0 amide bonds. The number of fused-ring (bicyclic) bond motifs is 3. The van der Waals surface area contributed by atoms with Crippen molar-refractivity contribution in [3.8, 4) is 0 Å². The second-order valence-electron chi connectivity index (χ2n) is 6.30. The van der Waals surface area contributed by atoms with Crippen molar-refractivity contribution in [3.05, 3.63) is 87.3 Å². The van der Waals surface area contributed by atoms with Crippen molar-refractivity contribution < 1.29 is 29.0 Å². The van der Waals surface area contributed by atoms with Crippen LogP contribution in [-0.4, -0.2) is 32.3 Å². The van der Waals surface area contributed by atoms with Crippen molar-refractivity contribution in [2.45, 2.75) is 0 Å². The molecule has 0 atom stereocenters. The van der Waals surface area contributed by atoms with Gasteiger partial charge in [0, 0.05) is 10.0 Å². The Kier molecular flexibility index (Phi) is 4.43. The van der Waals surface area contributed by atoms with E-state index in [1.165, 1.54) is 22.6 Å². The zero-order chi connectivity index (χ0) is 20.9. The van der Waals surface area contributed by atoms with E-state index in [0.29, 0.717) is 10.9 Å². The molecule has 0 aliphatic heterocycles. The Labute approximate surface area is 170 Å². The van der Waals surface area contributed by atoms with Crippen LogP contribution in [0.4, 0.5) is 4.39 Å². The van der Waals surface area contributed by atoms with Gasteiger partial charge in [-0.1, -0.05) is 22.0 Å². The van der Waals surface area contributed by atoms with Crippen molar-refractivity contribution in [2.75, 3.05) is 0 Å². The van der Waals surface area contributed by atoms with E-state index in [0.717, 1.165) is 16.6 Å². The smallest absolute Gasteiger partial charge is 0.338 e. The number of carboxylic acids is 2. The number of pyridine rings is 1. The molecule has 0 radical (unpaired) electrons. The highest BCUT2D eigenvalue weighted by Gasteiger charge is 2.32. The fraction of sp³-hybridized carbons (Fsp3) is 0. The number of rotatable bonds is 4. The highest BCUT2D eigenvalue weighted by atomic mass is 79.9. The lowest BCUT2D eigenvalue weighted by Gasteiger charge is -2.08. The number of carbonyl (C=O) groups excluding carboxylic acids is 1. The van der Waals surface area contributed by atoms with Gasteiger partial charge in [-0.25, -0.2) is 14.0 Å². The van der Waals surface area contributed by atoms with Gasteiger partial charge in [0.25, 0.3) is 0 Å². The maximum atomic E-state index is 13.3. The number of carbonyl (C=O) groups is 3. The molecule has 2 aromatic carbocycles. The molecule has 2 aromatic heterocycles. The molecule has 0 saturated heterocycles. The number of benzene rings is 2. The Morgan fingerprint density at radius 2 is 1.45 bits per heavy atom. The molecule has 4 rings (SSSR count). The first-order chi connectivity index (χ1) is 13.8. The molecule has 2 heterocycles. The minimum atomic E-state index is -1.54. The standard InChI is InChI=1S/C21H11BrFNO5/c22-12-4-8-14-11(9-12)3-7-15-16(20(26)27)17(21(28)29)18(24(14)15)19(25)10-1-5-13(23)6-2-10/h1-9H,(H,26,27)(H,28,29). The van der Waals surface area contributed by atoms with Gasteiger partial charge in [0.2, 0.25) is 5.78 Å². The number of aromatic carboxylic acids is 2. The summed E-state index contributed by atoms with van der Waals surface area (Å²) >= 11 is 3.35. The second kappa shape index (κ2) is 6.82. The lowest BCUT2D eigenvalue weighted by molar-refractivity contribution is 0.0652. The fourth-order valence-electron chi connectivity index (χ4n) is 3.41. The summed E-state index contributed by atoms with van der Waals surface area (Å²) in [5.74, 6) is -4.28. The van der Waals surface area contributed by atoms with E-state index in [2.05, 4.69) is 15.9 Å². The molecular weight excluding hydrogens is 445 g/mol. The third-order valence-electron chi connectivity index (χ3n) is 4.61. The Morgan fingerprint density at radius 3 is 2.07 bits per heavy atom. The van der Waals surface area contributed by atoms with Crippen LogP contribution in [0.25, 0.3) is 16.4 Å². The number of carboxylic acid groups (broad SMARTS) is 2. The summed E-state index contributed by atoms with van der Waals surface area (Å²) in [6, 6.07) is 12.9. The number of ketones is 1. The van der Waals surface area contributed by atoms with Crippen LogP contribution in [0.2, 0.25) is 0 Å². The van der Waals surface area contributed by atoms with Crippen LogP contribution in [0, 0.1) is 5.82 Å². The lowest BCUT2D eigenvalue weighted by Crippen LogP contribution is -2.13. The molecule has 29 heavy (non-hydrogen) atoms. The molecule has 0 aliphatic rings. The Hall–Kier alpha value is -3.52. The number of hydrogen-bond acceptors (Lipinski definition) is 3. The van der Waals surface area contributed by atoms with Gasteiger partial charge in [-0.3, -0.25) is 4.79 Å². The molecule has 0 fully saturated rings. The predicted molar refractivity (Wildman–Crippen MR) is 106 cm³/mol. The molecule has 0 bridgehead atoms. The first-order valence-corrected chi connectivity index (χ1v) is 9.12. The van der Waals surface area contributed by atoms with E-state index in [4.69, 9.17) is 0 Å². The molecule has 8 heteroatoms. The molecular formula is C21H11BrFNO5. The van der Waals surface area contributed by atoms with Crippen LogP contribution in [0.1, 0.15) is 36.8 Å². The molecule has 144 valence electrons. The summed E-state index contributed by atoms with van der Waals surface area (Å²) in [5.41, 5.74) is -0.805. The normalized spacial score (nSPS) is 11.1. The maximum Gasteiger partial charge on any atom is 0.338 e. The van der Waals surface area contributed by atoms with Crippen molar-refractivity contribution in [1.82, 2.24) is 4.40 Å². The zero-order valence-corrected chi connectivity index (χ0v) is 16.1. The summed E-state index contributed by atoms with van der Waals surface area (Å²) in [6.45, 7) is 0. The van der Waals surface area contributed by atoms with E-state index < -0.39 is 34.7 Å². The van der Waals surface area contributed by atoms with Gasteiger partial charge in [-0.15, -0.1) is 0 Å². The number of nitrogens with zero attached hydrogens (tertiary/aromatic N) is 1. The van der Waals surface area contributed by atoms with Crippen LogP contribution >= 0.6 is 15.9 Å². The maximum absolute atomic E-state index is 13.3. The minimum absolute atomic E-state index is 0.0411.